The van der Waals surface area contributed by atoms with E-state index in [1.54, 1.807) is 17.0 Å². The van der Waals surface area contributed by atoms with Crippen LogP contribution in [0.1, 0.15) is 23.2 Å². The Morgan fingerprint density at radius 2 is 1.91 bits per heavy atom. The zero-order valence-electron chi connectivity index (χ0n) is 12.0. The van der Waals surface area contributed by atoms with Crippen LogP contribution in [0.25, 0.3) is 11.3 Å². The van der Waals surface area contributed by atoms with Crippen LogP contribution in [0.2, 0.25) is 0 Å². The van der Waals surface area contributed by atoms with Gasteiger partial charge in [0.05, 0.1) is 17.5 Å². The van der Waals surface area contributed by atoms with Crippen LogP contribution in [0.4, 0.5) is 4.39 Å². The maximum atomic E-state index is 13.0. The normalized spacial score (nSPS) is 15.5. The molecule has 3 N–H and O–H groups in total. The molecule has 3 rings (SSSR count). The quantitative estimate of drug-likeness (QED) is 0.889. The first-order valence-electron chi connectivity index (χ1n) is 6.99. The van der Waals surface area contributed by atoms with Crippen LogP contribution in [-0.2, 0) is 0 Å². The summed E-state index contributed by atoms with van der Waals surface area (Å²) >= 11 is 0. The van der Waals surface area contributed by atoms with Gasteiger partial charge in [0.2, 0.25) is 0 Å². The van der Waals surface area contributed by atoms with Crippen molar-refractivity contribution >= 4 is 18.3 Å². The Balaban J connectivity index is 0.00000176. The molecule has 0 unspecified atom stereocenters. The fourth-order valence-corrected chi connectivity index (χ4v) is 2.56. The van der Waals surface area contributed by atoms with E-state index in [4.69, 9.17) is 5.73 Å². The summed E-state index contributed by atoms with van der Waals surface area (Å²) in [6.07, 6.45) is 3.15. The third-order valence-corrected chi connectivity index (χ3v) is 3.83. The van der Waals surface area contributed by atoms with Gasteiger partial charge in [0, 0.05) is 24.7 Å². The maximum Gasteiger partial charge on any atom is 0.257 e. The van der Waals surface area contributed by atoms with Crippen molar-refractivity contribution in [3.63, 3.8) is 0 Å². The standard InChI is InChI=1S/C15H17FN4O.ClH/c16-11-3-1-10(2-4-11)14-13(9-18-19-14)15(21)20-7-5-12(17)6-8-20;/h1-4,9,12H,5-8,17H2,(H,18,19);1H. The first-order chi connectivity index (χ1) is 10.1. The van der Waals surface area contributed by atoms with Crippen molar-refractivity contribution in [1.82, 2.24) is 15.1 Å². The van der Waals surface area contributed by atoms with Gasteiger partial charge < -0.3 is 10.6 Å². The SMILES string of the molecule is Cl.NC1CCN(C(=O)c2cn[nH]c2-c2ccc(F)cc2)CC1. The minimum absolute atomic E-state index is 0. The number of carbonyl (C=O) groups is 1. The van der Waals surface area contributed by atoms with Gasteiger partial charge in [-0.2, -0.15) is 5.10 Å². The Bertz CT molecular complexity index is 635. The van der Waals surface area contributed by atoms with E-state index in [2.05, 4.69) is 10.2 Å². The number of rotatable bonds is 2. The lowest BCUT2D eigenvalue weighted by Crippen LogP contribution is -2.42. The van der Waals surface area contributed by atoms with Crippen LogP contribution in [0.15, 0.2) is 30.5 Å². The molecule has 2 aromatic rings. The molecule has 0 saturated carbocycles. The number of nitrogens with one attached hydrogen (secondary N) is 1. The van der Waals surface area contributed by atoms with Crippen LogP contribution >= 0.6 is 12.4 Å². The lowest BCUT2D eigenvalue weighted by atomic mass is 10.0. The first kappa shape index (κ1) is 16.5. The van der Waals surface area contributed by atoms with Gasteiger partial charge in [-0.25, -0.2) is 4.39 Å². The van der Waals surface area contributed by atoms with Crippen molar-refractivity contribution in [2.75, 3.05) is 13.1 Å². The second-order valence-electron chi connectivity index (χ2n) is 5.30. The number of aromatic amines is 1. The van der Waals surface area contributed by atoms with Crippen molar-refractivity contribution in [3.8, 4) is 11.3 Å². The Morgan fingerprint density at radius 1 is 1.27 bits per heavy atom. The van der Waals surface area contributed by atoms with Crippen molar-refractivity contribution < 1.29 is 9.18 Å². The van der Waals surface area contributed by atoms with Gasteiger partial charge in [-0.05, 0) is 37.1 Å². The summed E-state index contributed by atoms with van der Waals surface area (Å²) in [5, 5.41) is 6.79. The Hall–Kier alpha value is -1.92. The highest BCUT2D eigenvalue weighted by Gasteiger charge is 2.24. The number of halogens is 2. The van der Waals surface area contributed by atoms with Crippen molar-refractivity contribution in [1.29, 1.82) is 0 Å². The zero-order valence-corrected chi connectivity index (χ0v) is 12.8. The third-order valence-electron chi connectivity index (χ3n) is 3.83. The summed E-state index contributed by atoms with van der Waals surface area (Å²) in [5.41, 5.74) is 7.73. The summed E-state index contributed by atoms with van der Waals surface area (Å²) in [4.78, 5) is 14.4. The number of piperidine rings is 1. The number of likely N-dealkylation sites (tertiary alicyclic amines) is 1. The molecule has 5 nitrogen and oxygen atoms in total. The molecule has 7 heteroatoms. The highest BCUT2D eigenvalue weighted by atomic mass is 35.5. The van der Waals surface area contributed by atoms with Gasteiger partial charge in [0.15, 0.2) is 0 Å². The second kappa shape index (κ2) is 6.89. The molecular weight excluding hydrogens is 307 g/mol. The van der Waals surface area contributed by atoms with Gasteiger partial charge in [0.25, 0.3) is 5.91 Å². The molecule has 0 bridgehead atoms. The van der Waals surface area contributed by atoms with Gasteiger partial charge in [0.1, 0.15) is 5.82 Å². The van der Waals surface area contributed by atoms with Gasteiger partial charge in [-0.15, -0.1) is 12.4 Å². The molecule has 1 aromatic heterocycles. The number of carbonyl (C=O) groups excluding carboxylic acids is 1. The number of benzene rings is 1. The van der Waals surface area contributed by atoms with Crippen LogP contribution in [0.5, 0.6) is 0 Å². The number of aromatic nitrogens is 2. The molecule has 2 heterocycles. The van der Waals surface area contributed by atoms with E-state index in [9.17, 15) is 9.18 Å². The molecule has 0 aliphatic carbocycles. The number of hydrogen-bond donors (Lipinski definition) is 2. The van der Waals surface area contributed by atoms with E-state index < -0.39 is 0 Å². The number of nitrogens with two attached hydrogens (primary N) is 1. The largest absolute Gasteiger partial charge is 0.338 e. The van der Waals surface area contributed by atoms with E-state index in [1.165, 1.54) is 18.3 Å². The van der Waals surface area contributed by atoms with Crippen LogP contribution in [0.3, 0.4) is 0 Å². The topological polar surface area (TPSA) is 75.0 Å². The van der Waals surface area contributed by atoms with Crippen LogP contribution < -0.4 is 5.73 Å². The summed E-state index contributed by atoms with van der Waals surface area (Å²) in [6, 6.07) is 6.17. The van der Waals surface area contributed by atoms with E-state index in [-0.39, 0.29) is 30.2 Å². The van der Waals surface area contributed by atoms with Crippen LogP contribution in [-0.4, -0.2) is 40.1 Å². The Kier molecular flexibility index (Phi) is 5.15. The van der Waals surface area contributed by atoms with Gasteiger partial charge in [-0.3, -0.25) is 9.89 Å². The summed E-state index contributed by atoms with van der Waals surface area (Å²) in [5.74, 6) is -0.369. The molecular formula is C15H18ClFN4O. The lowest BCUT2D eigenvalue weighted by Gasteiger charge is -2.30. The van der Waals surface area contributed by atoms with Crippen molar-refractivity contribution in [3.05, 3.63) is 41.8 Å². The van der Waals surface area contributed by atoms with E-state index in [1.807, 2.05) is 0 Å². The number of nitrogens with zero attached hydrogens (tertiary/aromatic N) is 2. The predicted octanol–water partition coefficient (Wildman–Crippen LogP) is 2.20. The average molecular weight is 325 g/mol. The lowest BCUT2D eigenvalue weighted by molar-refractivity contribution is 0.0715. The third kappa shape index (κ3) is 3.28. The van der Waals surface area contributed by atoms with E-state index >= 15 is 0 Å². The predicted molar refractivity (Wildman–Crippen MR) is 84.3 cm³/mol. The second-order valence-corrected chi connectivity index (χ2v) is 5.30. The molecule has 1 amide bonds. The van der Waals surface area contributed by atoms with Crippen molar-refractivity contribution in [2.45, 2.75) is 18.9 Å². The van der Waals surface area contributed by atoms with Gasteiger partial charge in [-0.1, -0.05) is 0 Å². The minimum Gasteiger partial charge on any atom is -0.338 e. The Labute approximate surface area is 134 Å². The van der Waals surface area contributed by atoms with E-state index in [0.717, 1.165) is 18.4 Å². The van der Waals surface area contributed by atoms with Crippen molar-refractivity contribution in [2.24, 2.45) is 5.73 Å². The highest BCUT2D eigenvalue weighted by molar-refractivity contribution is 5.99. The van der Waals surface area contributed by atoms with E-state index in [0.29, 0.717) is 24.3 Å². The molecule has 1 aliphatic heterocycles. The molecule has 22 heavy (non-hydrogen) atoms. The molecule has 1 fully saturated rings. The summed E-state index contributed by atoms with van der Waals surface area (Å²) in [6.45, 7) is 1.32. The monoisotopic (exact) mass is 324 g/mol. The van der Waals surface area contributed by atoms with Gasteiger partial charge >= 0.3 is 0 Å². The molecule has 118 valence electrons. The maximum absolute atomic E-state index is 13.0. The fraction of sp³-hybridized carbons (Fsp3) is 0.333. The Morgan fingerprint density at radius 3 is 2.55 bits per heavy atom. The zero-order chi connectivity index (χ0) is 14.8. The number of H-pyrrole nitrogens is 1. The molecule has 0 atom stereocenters. The summed E-state index contributed by atoms with van der Waals surface area (Å²) < 4.78 is 13.0. The van der Waals surface area contributed by atoms with Crippen LogP contribution in [0, 0.1) is 5.82 Å². The average Bonchev–Trinajstić information content (AvgIpc) is 2.97. The summed E-state index contributed by atoms with van der Waals surface area (Å²) in [7, 11) is 0. The molecule has 1 aliphatic rings. The highest BCUT2D eigenvalue weighted by Crippen LogP contribution is 2.23. The molecule has 1 aromatic carbocycles. The fourth-order valence-electron chi connectivity index (χ4n) is 2.56. The number of amides is 1. The molecule has 0 radical (unpaired) electrons. The number of hydrogen-bond acceptors (Lipinski definition) is 3. The minimum atomic E-state index is -0.309. The first-order valence-corrected chi connectivity index (χ1v) is 6.99. The molecule has 0 spiro atoms. The smallest absolute Gasteiger partial charge is 0.257 e. The molecule has 1 saturated heterocycles.